The van der Waals surface area contributed by atoms with E-state index < -0.39 is 47.0 Å². The van der Waals surface area contributed by atoms with Crippen LogP contribution in [0.4, 0.5) is 33.5 Å². The second-order valence-electron chi connectivity index (χ2n) is 8.76. The van der Waals surface area contributed by atoms with Crippen molar-refractivity contribution in [1.82, 2.24) is 10.3 Å². The molecule has 0 aliphatic carbocycles. The first kappa shape index (κ1) is 25.1. The number of aromatic nitrogens is 1. The van der Waals surface area contributed by atoms with Gasteiger partial charge in [0.15, 0.2) is 0 Å². The Hall–Kier alpha value is -3.57. The maximum atomic E-state index is 15.0. The highest BCUT2D eigenvalue weighted by atomic mass is 35.5. The minimum absolute atomic E-state index is 0.0395. The van der Waals surface area contributed by atoms with Crippen molar-refractivity contribution in [1.29, 1.82) is 0 Å². The molecular weight excluding hydrogens is 519 g/mol. The fraction of sp³-hybridized carbons (Fsp3) is 0.240. The summed E-state index contributed by atoms with van der Waals surface area (Å²) < 4.78 is 69.7. The van der Waals surface area contributed by atoms with Crippen molar-refractivity contribution in [3.05, 3.63) is 88.1 Å². The van der Waals surface area contributed by atoms with E-state index in [0.29, 0.717) is 0 Å². The van der Waals surface area contributed by atoms with Crippen molar-refractivity contribution in [2.45, 2.75) is 24.1 Å². The highest BCUT2D eigenvalue weighted by Gasteiger charge is 2.65. The Balaban J connectivity index is 1.39. The molecule has 1 saturated heterocycles. The number of hydrogen-bond acceptors (Lipinski definition) is 4. The van der Waals surface area contributed by atoms with Crippen LogP contribution in [0.5, 0.6) is 0 Å². The lowest BCUT2D eigenvalue weighted by Crippen LogP contribution is -2.37. The normalized spacial score (nSPS) is 20.2. The molecule has 0 radical (unpaired) electrons. The number of halogens is 6. The third kappa shape index (κ3) is 4.42. The first-order valence-electron chi connectivity index (χ1n) is 11.1. The number of fused-ring (bicyclic) bond motifs is 2. The largest absolute Gasteiger partial charge is 0.417 e. The SMILES string of the molecule is O=C(Nc1ccc(C(=O)N2CCC(F)(F)C3(CN3)c3cc(Cl)ccc32)cn1)c1ccccc1C(F)(F)F. The summed E-state index contributed by atoms with van der Waals surface area (Å²) in [5.74, 6) is -4.85. The van der Waals surface area contributed by atoms with Gasteiger partial charge in [0, 0.05) is 42.0 Å². The van der Waals surface area contributed by atoms with Crippen molar-refractivity contribution in [2.24, 2.45) is 0 Å². The number of hydrogen-bond donors (Lipinski definition) is 2. The van der Waals surface area contributed by atoms with E-state index in [9.17, 15) is 22.8 Å². The van der Waals surface area contributed by atoms with Crippen molar-refractivity contribution in [3.8, 4) is 0 Å². The van der Waals surface area contributed by atoms with E-state index in [0.717, 1.165) is 18.3 Å². The fourth-order valence-electron chi connectivity index (χ4n) is 4.48. The predicted molar refractivity (Wildman–Crippen MR) is 126 cm³/mol. The number of alkyl halides is 5. The molecule has 2 amide bonds. The van der Waals surface area contributed by atoms with Gasteiger partial charge >= 0.3 is 6.18 Å². The minimum Gasteiger partial charge on any atom is -0.308 e. The number of pyridine rings is 1. The summed E-state index contributed by atoms with van der Waals surface area (Å²) in [6.07, 6.45) is -4.19. The third-order valence-corrected chi connectivity index (χ3v) is 6.72. The Morgan fingerprint density at radius 1 is 1.08 bits per heavy atom. The minimum atomic E-state index is -4.73. The number of carbonyl (C=O) groups excluding carboxylic acids is 2. The predicted octanol–water partition coefficient (Wildman–Crippen LogP) is 5.49. The van der Waals surface area contributed by atoms with Gasteiger partial charge in [-0.05, 0) is 42.5 Å². The smallest absolute Gasteiger partial charge is 0.308 e. The molecule has 5 rings (SSSR count). The molecule has 1 spiro atoms. The monoisotopic (exact) mass is 536 g/mol. The summed E-state index contributed by atoms with van der Waals surface area (Å²) in [6.45, 7) is -0.223. The summed E-state index contributed by atoms with van der Waals surface area (Å²) in [5.41, 5.74) is -2.73. The maximum Gasteiger partial charge on any atom is 0.417 e. The molecule has 12 heteroatoms. The molecule has 2 aromatic carbocycles. The number of rotatable bonds is 3. The molecule has 0 bridgehead atoms. The highest BCUT2D eigenvalue weighted by molar-refractivity contribution is 6.30. The van der Waals surface area contributed by atoms with Crippen LogP contribution in [0.25, 0.3) is 0 Å². The van der Waals surface area contributed by atoms with Gasteiger partial charge in [-0.1, -0.05) is 23.7 Å². The Morgan fingerprint density at radius 3 is 2.46 bits per heavy atom. The van der Waals surface area contributed by atoms with Gasteiger partial charge in [-0.2, -0.15) is 13.2 Å². The van der Waals surface area contributed by atoms with Crippen LogP contribution >= 0.6 is 11.6 Å². The zero-order chi connectivity index (χ0) is 26.6. The number of nitrogens with one attached hydrogen (secondary N) is 2. The molecule has 37 heavy (non-hydrogen) atoms. The number of benzene rings is 2. The van der Waals surface area contributed by atoms with Crippen LogP contribution < -0.4 is 15.5 Å². The van der Waals surface area contributed by atoms with Gasteiger partial charge in [0.1, 0.15) is 11.4 Å². The van der Waals surface area contributed by atoms with Crippen molar-refractivity contribution >= 4 is 34.9 Å². The van der Waals surface area contributed by atoms with Crippen LogP contribution in [0.2, 0.25) is 5.02 Å². The molecule has 3 aromatic rings. The van der Waals surface area contributed by atoms with Crippen LogP contribution in [0.15, 0.2) is 60.8 Å². The standard InChI is InChI=1S/C25H18ClF5N4O2/c26-15-6-7-19-18(11-15)23(13-33-23)24(27,28)9-10-35(19)22(37)14-5-8-20(32-12-14)34-21(36)16-3-1-2-4-17(16)25(29,30)31/h1-8,11-12,33H,9-10,13H2,(H,32,34,36). The maximum absolute atomic E-state index is 15.0. The molecule has 1 aromatic heterocycles. The third-order valence-electron chi connectivity index (χ3n) is 6.49. The van der Waals surface area contributed by atoms with Gasteiger partial charge in [-0.25, -0.2) is 13.8 Å². The van der Waals surface area contributed by atoms with Crippen LogP contribution in [-0.2, 0) is 11.7 Å². The van der Waals surface area contributed by atoms with E-state index in [4.69, 9.17) is 11.6 Å². The van der Waals surface area contributed by atoms with Gasteiger partial charge in [0.05, 0.1) is 16.7 Å². The summed E-state index contributed by atoms with van der Waals surface area (Å²) in [4.78, 5) is 31.0. The first-order valence-corrected chi connectivity index (χ1v) is 11.5. The Morgan fingerprint density at radius 2 is 1.81 bits per heavy atom. The summed E-state index contributed by atoms with van der Waals surface area (Å²) in [7, 11) is 0. The lowest BCUT2D eigenvalue weighted by atomic mass is 9.90. The van der Waals surface area contributed by atoms with E-state index >= 15 is 8.78 Å². The topological polar surface area (TPSA) is 84.2 Å². The summed E-state index contributed by atoms with van der Waals surface area (Å²) in [6, 6.07) is 11.3. The highest BCUT2D eigenvalue weighted by Crippen LogP contribution is 2.52. The van der Waals surface area contributed by atoms with E-state index in [1.54, 1.807) is 0 Å². The number of nitrogens with zero attached hydrogens (tertiary/aromatic N) is 2. The average Bonchev–Trinajstić information content (AvgIpc) is 3.68. The molecule has 2 aliphatic heterocycles. The van der Waals surface area contributed by atoms with E-state index in [2.05, 4.69) is 15.6 Å². The van der Waals surface area contributed by atoms with E-state index in [1.807, 2.05) is 0 Å². The molecule has 192 valence electrons. The summed E-state index contributed by atoms with van der Waals surface area (Å²) in [5, 5.41) is 5.28. The van der Waals surface area contributed by atoms with Crippen LogP contribution in [0.3, 0.4) is 0 Å². The first-order chi connectivity index (χ1) is 17.4. The van der Waals surface area contributed by atoms with Gasteiger partial charge in [-0.15, -0.1) is 0 Å². The van der Waals surface area contributed by atoms with E-state index in [1.165, 1.54) is 47.4 Å². The molecule has 1 unspecified atom stereocenters. The molecule has 2 aliphatic rings. The molecule has 0 saturated carbocycles. The van der Waals surface area contributed by atoms with Crippen molar-refractivity contribution < 1.29 is 31.5 Å². The number of anilines is 2. The van der Waals surface area contributed by atoms with Crippen LogP contribution in [-0.4, -0.2) is 35.8 Å². The van der Waals surface area contributed by atoms with Crippen molar-refractivity contribution in [3.63, 3.8) is 0 Å². The average molecular weight is 537 g/mol. The van der Waals surface area contributed by atoms with Gasteiger partial charge in [-0.3, -0.25) is 14.9 Å². The number of carbonyl (C=O) groups is 2. The van der Waals surface area contributed by atoms with Crippen LogP contribution in [0.1, 0.15) is 38.3 Å². The molecule has 2 N–H and O–H groups in total. The molecule has 1 atom stereocenters. The van der Waals surface area contributed by atoms with Gasteiger partial charge in [0.25, 0.3) is 17.7 Å². The fourth-order valence-corrected chi connectivity index (χ4v) is 4.65. The second-order valence-corrected chi connectivity index (χ2v) is 9.20. The zero-order valence-corrected chi connectivity index (χ0v) is 19.6. The van der Waals surface area contributed by atoms with Gasteiger partial charge < -0.3 is 10.2 Å². The van der Waals surface area contributed by atoms with Crippen LogP contribution in [0, 0.1) is 0 Å². The summed E-state index contributed by atoms with van der Waals surface area (Å²) >= 11 is 6.08. The van der Waals surface area contributed by atoms with Gasteiger partial charge in [0.2, 0.25) is 0 Å². The quantitative estimate of drug-likeness (QED) is 0.342. The number of amides is 2. The lowest BCUT2D eigenvalue weighted by molar-refractivity contribution is -0.137. The Kier molecular flexibility index (Phi) is 5.95. The Labute approximate surface area is 212 Å². The molecule has 3 heterocycles. The van der Waals surface area contributed by atoms with E-state index in [-0.39, 0.29) is 40.7 Å². The molecular formula is C25H18ClF5N4O2. The second kappa shape index (κ2) is 8.77. The molecule has 6 nitrogen and oxygen atoms in total. The lowest BCUT2D eigenvalue weighted by Gasteiger charge is -2.24. The molecule has 1 fully saturated rings. The Bertz CT molecular complexity index is 1390. The zero-order valence-electron chi connectivity index (χ0n) is 18.9. The van der Waals surface area contributed by atoms with Crippen molar-refractivity contribution in [2.75, 3.05) is 23.3 Å².